The fourth-order valence-electron chi connectivity index (χ4n) is 2.86. The van der Waals surface area contributed by atoms with Gasteiger partial charge in [-0.2, -0.15) is 0 Å². The molecule has 1 aromatic rings. The Labute approximate surface area is 111 Å². The summed E-state index contributed by atoms with van der Waals surface area (Å²) in [6.07, 6.45) is 4.24. The van der Waals surface area contributed by atoms with E-state index in [2.05, 4.69) is 15.2 Å². The van der Waals surface area contributed by atoms with Gasteiger partial charge in [-0.25, -0.2) is 4.98 Å². The molecule has 17 heavy (non-hydrogen) atoms. The van der Waals surface area contributed by atoms with Crippen LogP contribution < -0.4 is 10.2 Å². The van der Waals surface area contributed by atoms with Crippen LogP contribution in [0.15, 0.2) is 12.3 Å². The Morgan fingerprint density at radius 2 is 2.24 bits per heavy atom. The summed E-state index contributed by atoms with van der Waals surface area (Å²) in [5, 5.41) is 4.81. The van der Waals surface area contributed by atoms with Crippen molar-refractivity contribution in [3.05, 3.63) is 22.3 Å². The van der Waals surface area contributed by atoms with Gasteiger partial charge in [0.25, 0.3) is 0 Å². The second-order valence-corrected chi connectivity index (χ2v) is 5.67. The summed E-state index contributed by atoms with van der Waals surface area (Å²) < 4.78 is 0. The van der Waals surface area contributed by atoms with Gasteiger partial charge < -0.3 is 10.2 Å². The zero-order chi connectivity index (χ0) is 11.8. The molecule has 1 aromatic heterocycles. The smallest absolute Gasteiger partial charge is 0.147 e. The zero-order valence-electron chi connectivity index (χ0n) is 9.50. The van der Waals surface area contributed by atoms with E-state index in [1.807, 2.05) is 0 Å². The highest BCUT2D eigenvalue weighted by Gasteiger charge is 2.35. The van der Waals surface area contributed by atoms with Crippen LogP contribution in [-0.2, 0) is 0 Å². The van der Waals surface area contributed by atoms with Crippen LogP contribution in [-0.4, -0.2) is 30.7 Å². The number of anilines is 1. The van der Waals surface area contributed by atoms with Gasteiger partial charge in [0.15, 0.2) is 0 Å². The Kier molecular flexibility index (Phi) is 3.16. The molecule has 5 heteroatoms. The largest absolute Gasteiger partial charge is 0.353 e. The summed E-state index contributed by atoms with van der Waals surface area (Å²) in [6.45, 7) is 3.18. The molecule has 3 heterocycles. The zero-order valence-corrected chi connectivity index (χ0v) is 11.0. The van der Waals surface area contributed by atoms with Crippen LogP contribution in [0.2, 0.25) is 10.0 Å². The summed E-state index contributed by atoms with van der Waals surface area (Å²) in [5.74, 6) is 1.60. The van der Waals surface area contributed by atoms with Crippen LogP contribution in [0, 0.1) is 5.92 Å². The first-order chi connectivity index (χ1) is 8.24. The third-order valence-corrected chi connectivity index (χ3v) is 4.17. The topological polar surface area (TPSA) is 28.2 Å². The second kappa shape index (κ2) is 4.63. The molecule has 0 aromatic carbocycles. The molecule has 2 aliphatic heterocycles. The third kappa shape index (κ3) is 2.24. The van der Waals surface area contributed by atoms with E-state index < -0.39 is 0 Å². The highest BCUT2D eigenvalue weighted by molar-refractivity contribution is 6.36. The average Bonchev–Trinajstić information content (AvgIpc) is 2.72. The fourth-order valence-corrected chi connectivity index (χ4v) is 3.36. The van der Waals surface area contributed by atoms with Gasteiger partial charge in [-0.05, 0) is 31.4 Å². The van der Waals surface area contributed by atoms with Crippen LogP contribution in [0.25, 0.3) is 0 Å². The number of nitrogens with zero attached hydrogens (tertiary/aromatic N) is 2. The van der Waals surface area contributed by atoms with Crippen molar-refractivity contribution in [1.29, 1.82) is 0 Å². The molecule has 0 amide bonds. The third-order valence-electron chi connectivity index (χ3n) is 3.69. The van der Waals surface area contributed by atoms with Crippen molar-refractivity contribution >= 4 is 29.0 Å². The Bertz CT molecular complexity index is 410. The first kappa shape index (κ1) is 11.6. The van der Waals surface area contributed by atoms with Crippen molar-refractivity contribution in [3.8, 4) is 0 Å². The van der Waals surface area contributed by atoms with E-state index in [0.717, 1.165) is 31.4 Å². The Hall–Kier alpha value is -0.510. The van der Waals surface area contributed by atoms with E-state index in [1.54, 1.807) is 12.3 Å². The van der Waals surface area contributed by atoms with E-state index in [-0.39, 0.29) is 0 Å². The lowest BCUT2D eigenvalue weighted by Crippen LogP contribution is -2.40. The SMILES string of the molecule is Clc1cnc(N2CC3CCCNC3C2)c(Cl)c1. The maximum Gasteiger partial charge on any atom is 0.147 e. The summed E-state index contributed by atoms with van der Waals surface area (Å²) in [6, 6.07) is 2.36. The van der Waals surface area contributed by atoms with Crippen molar-refractivity contribution < 1.29 is 0 Å². The van der Waals surface area contributed by atoms with Crippen LogP contribution in [0.1, 0.15) is 12.8 Å². The summed E-state index contributed by atoms with van der Waals surface area (Å²) in [5.41, 5.74) is 0. The quantitative estimate of drug-likeness (QED) is 0.851. The van der Waals surface area contributed by atoms with Gasteiger partial charge in [0.2, 0.25) is 0 Å². The number of rotatable bonds is 1. The van der Waals surface area contributed by atoms with Crippen molar-refractivity contribution in [3.63, 3.8) is 0 Å². The highest BCUT2D eigenvalue weighted by Crippen LogP contribution is 2.32. The van der Waals surface area contributed by atoms with Gasteiger partial charge in [-0.15, -0.1) is 0 Å². The van der Waals surface area contributed by atoms with Gasteiger partial charge in [-0.1, -0.05) is 23.2 Å². The predicted octanol–water partition coefficient (Wildman–Crippen LogP) is 2.58. The van der Waals surface area contributed by atoms with Gasteiger partial charge >= 0.3 is 0 Å². The Balaban J connectivity index is 1.81. The van der Waals surface area contributed by atoms with Crippen molar-refractivity contribution in [2.45, 2.75) is 18.9 Å². The molecule has 0 aliphatic carbocycles. The number of hydrogen-bond donors (Lipinski definition) is 1. The maximum atomic E-state index is 6.20. The number of pyridine rings is 1. The molecule has 2 fully saturated rings. The van der Waals surface area contributed by atoms with Gasteiger partial charge in [-0.3, -0.25) is 0 Å². The average molecular weight is 272 g/mol. The van der Waals surface area contributed by atoms with Crippen molar-refractivity contribution in [2.24, 2.45) is 5.92 Å². The number of halogens is 2. The second-order valence-electron chi connectivity index (χ2n) is 4.83. The highest BCUT2D eigenvalue weighted by atomic mass is 35.5. The lowest BCUT2D eigenvalue weighted by Gasteiger charge is -2.24. The summed E-state index contributed by atoms with van der Waals surface area (Å²) >= 11 is 12.1. The molecule has 2 saturated heterocycles. The number of nitrogens with one attached hydrogen (secondary N) is 1. The molecule has 0 spiro atoms. The molecule has 2 unspecified atom stereocenters. The van der Waals surface area contributed by atoms with E-state index in [1.165, 1.54) is 12.8 Å². The van der Waals surface area contributed by atoms with Crippen LogP contribution >= 0.6 is 23.2 Å². The molecule has 3 rings (SSSR count). The first-order valence-corrected chi connectivity index (χ1v) is 6.79. The number of aromatic nitrogens is 1. The minimum Gasteiger partial charge on any atom is -0.353 e. The maximum absolute atomic E-state index is 6.20. The van der Waals surface area contributed by atoms with Crippen molar-refractivity contribution in [2.75, 3.05) is 24.5 Å². The van der Waals surface area contributed by atoms with Gasteiger partial charge in [0, 0.05) is 25.3 Å². The van der Waals surface area contributed by atoms with Gasteiger partial charge in [0.05, 0.1) is 10.0 Å². The van der Waals surface area contributed by atoms with E-state index in [0.29, 0.717) is 16.1 Å². The summed E-state index contributed by atoms with van der Waals surface area (Å²) in [7, 11) is 0. The monoisotopic (exact) mass is 271 g/mol. The van der Waals surface area contributed by atoms with E-state index in [9.17, 15) is 0 Å². The lowest BCUT2D eigenvalue weighted by atomic mass is 9.94. The van der Waals surface area contributed by atoms with Crippen molar-refractivity contribution in [1.82, 2.24) is 10.3 Å². The van der Waals surface area contributed by atoms with Crippen LogP contribution in [0.3, 0.4) is 0 Å². The summed E-state index contributed by atoms with van der Waals surface area (Å²) in [4.78, 5) is 6.62. The molecule has 3 nitrogen and oxygen atoms in total. The normalized spacial score (nSPS) is 28.2. The van der Waals surface area contributed by atoms with E-state index >= 15 is 0 Å². The fraction of sp³-hybridized carbons (Fsp3) is 0.583. The predicted molar refractivity (Wildman–Crippen MR) is 71.0 cm³/mol. The Morgan fingerprint density at radius 1 is 1.35 bits per heavy atom. The molecular weight excluding hydrogens is 257 g/mol. The molecular formula is C12H15Cl2N3. The number of piperidine rings is 1. The molecule has 0 radical (unpaired) electrons. The molecule has 2 atom stereocenters. The molecule has 92 valence electrons. The number of fused-ring (bicyclic) bond motifs is 1. The van der Waals surface area contributed by atoms with Gasteiger partial charge in [0.1, 0.15) is 5.82 Å². The standard InChI is InChI=1S/C12H15Cl2N3/c13-9-4-10(14)12(16-5-9)17-6-8-2-1-3-15-11(8)7-17/h4-5,8,11,15H,1-3,6-7H2. The molecule has 0 bridgehead atoms. The molecule has 2 aliphatic rings. The van der Waals surface area contributed by atoms with Crippen LogP contribution in [0.5, 0.6) is 0 Å². The molecule has 1 N–H and O–H groups in total. The minimum atomic E-state index is 0.591. The lowest BCUT2D eigenvalue weighted by molar-refractivity contribution is 0.340. The molecule has 0 saturated carbocycles. The van der Waals surface area contributed by atoms with Crippen LogP contribution in [0.4, 0.5) is 5.82 Å². The van der Waals surface area contributed by atoms with E-state index in [4.69, 9.17) is 23.2 Å². The minimum absolute atomic E-state index is 0.591. The Morgan fingerprint density at radius 3 is 3.00 bits per heavy atom. The first-order valence-electron chi connectivity index (χ1n) is 6.03. The number of hydrogen-bond acceptors (Lipinski definition) is 3.